The van der Waals surface area contributed by atoms with E-state index in [1.807, 2.05) is 19.1 Å². The van der Waals surface area contributed by atoms with Crippen LogP contribution in [0.25, 0.3) is 0 Å². The van der Waals surface area contributed by atoms with Gasteiger partial charge in [-0.1, -0.05) is 19.1 Å². The summed E-state index contributed by atoms with van der Waals surface area (Å²) in [5.74, 6) is -1.57. The third-order valence-electron chi connectivity index (χ3n) is 3.00. The summed E-state index contributed by atoms with van der Waals surface area (Å²) in [4.78, 5) is 11.9. The second kappa shape index (κ2) is 6.28. The lowest BCUT2D eigenvalue weighted by Gasteiger charge is -2.06. The van der Waals surface area contributed by atoms with Crippen molar-refractivity contribution in [3.05, 3.63) is 70.8 Å². The Morgan fingerprint density at radius 1 is 1.00 bits per heavy atom. The third kappa shape index (κ3) is 3.63. The molecule has 0 spiro atoms. The van der Waals surface area contributed by atoms with Gasteiger partial charge in [0, 0.05) is 18.2 Å². The molecule has 2 rings (SSSR count). The Morgan fingerprint density at radius 2 is 1.60 bits per heavy atom. The highest BCUT2D eigenvalue weighted by atomic mass is 19.1. The largest absolute Gasteiger partial charge is 0.348 e. The predicted octanol–water partition coefficient (Wildman–Crippen LogP) is 3.46. The second-order valence-electron chi connectivity index (χ2n) is 4.51. The molecule has 0 unspecified atom stereocenters. The molecule has 4 heteroatoms. The normalized spacial score (nSPS) is 10.3. The molecule has 104 valence electrons. The summed E-state index contributed by atoms with van der Waals surface area (Å²) in [6.45, 7) is 2.12. The summed E-state index contributed by atoms with van der Waals surface area (Å²) in [5, 5.41) is 2.63. The summed E-state index contributed by atoms with van der Waals surface area (Å²) in [6, 6.07) is 10.4. The standard InChI is InChI=1S/C16H15F2NO/c1-2-11-3-5-13(6-4-11)16(20)19-10-12-7-14(17)9-15(18)8-12/h3-9H,2,10H2,1H3,(H,19,20). The molecule has 0 saturated carbocycles. The van der Waals surface area contributed by atoms with E-state index in [4.69, 9.17) is 0 Å². The van der Waals surface area contributed by atoms with Gasteiger partial charge in [-0.15, -0.1) is 0 Å². The van der Waals surface area contributed by atoms with Gasteiger partial charge in [-0.25, -0.2) is 8.78 Å². The number of carbonyl (C=O) groups is 1. The van der Waals surface area contributed by atoms with Gasteiger partial charge in [0.15, 0.2) is 0 Å². The van der Waals surface area contributed by atoms with Crippen molar-refractivity contribution in [3.8, 4) is 0 Å². The molecule has 0 aromatic heterocycles. The van der Waals surface area contributed by atoms with Crippen LogP contribution in [-0.4, -0.2) is 5.91 Å². The van der Waals surface area contributed by atoms with E-state index >= 15 is 0 Å². The number of aryl methyl sites for hydroxylation is 1. The molecule has 0 saturated heterocycles. The summed E-state index contributed by atoms with van der Waals surface area (Å²) in [7, 11) is 0. The summed E-state index contributed by atoms with van der Waals surface area (Å²) >= 11 is 0. The van der Waals surface area contributed by atoms with Gasteiger partial charge < -0.3 is 5.32 Å². The molecule has 2 aromatic rings. The Hall–Kier alpha value is -2.23. The minimum Gasteiger partial charge on any atom is -0.348 e. The number of halogens is 2. The lowest BCUT2D eigenvalue weighted by atomic mass is 10.1. The number of rotatable bonds is 4. The van der Waals surface area contributed by atoms with Gasteiger partial charge in [-0.2, -0.15) is 0 Å². The van der Waals surface area contributed by atoms with E-state index in [0.29, 0.717) is 11.1 Å². The molecule has 0 heterocycles. The first-order chi connectivity index (χ1) is 9.58. The van der Waals surface area contributed by atoms with Crippen LogP contribution in [0.2, 0.25) is 0 Å². The van der Waals surface area contributed by atoms with Crippen molar-refractivity contribution in [2.24, 2.45) is 0 Å². The molecule has 0 atom stereocenters. The fourth-order valence-electron chi connectivity index (χ4n) is 1.89. The van der Waals surface area contributed by atoms with Crippen molar-refractivity contribution in [1.82, 2.24) is 5.32 Å². The van der Waals surface area contributed by atoms with E-state index in [0.717, 1.165) is 18.1 Å². The Balaban J connectivity index is 2.00. The van der Waals surface area contributed by atoms with Gasteiger partial charge in [0.05, 0.1) is 0 Å². The molecular weight excluding hydrogens is 260 g/mol. The van der Waals surface area contributed by atoms with E-state index < -0.39 is 11.6 Å². The molecule has 20 heavy (non-hydrogen) atoms. The highest BCUT2D eigenvalue weighted by Crippen LogP contribution is 2.09. The van der Waals surface area contributed by atoms with E-state index in [2.05, 4.69) is 5.32 Å². The van der Waals surface area contributed by atoms with E-state index in [1.54, 1.807) is 12.1 Å². The van der Waals surface area contributed by atoms with Crippen LogP contribution in [0.3, 0.4) is 0 Å². The predicted molar refractivity (Wildman–Crippen MR) is 73.3 cm³/mol. The van der Waals surface area contributed by atoms with Gasteiger partial charge in [-0.3, -0.25) is 4.79 Å². The molecule has 2 aromatic carbocycles. The molecule has 0 fully saturated rings. The van der Waals surface area contributed by atoms with E-state index in [1.165, 1.54) is 12.1 Å². The molecular formula is C16H15F2NO. The molecule has 0 bridgehead atoms. The highest BCUT2D eigenvalue weighted by molar-refractivity contribution is 5.94. The van der Waals surface area contributed by atoms with Crippen LogP contribution in [0.1, 0.15) is 28.4 Å². The van der Waals surface area contributed by atoms with Crippen LogP contribution in [-0.2, 0) is 13.0 Å². The zero-order valence-electron chi connectivity index (χ0n) is 11.1. The summed E-state index contributed by atoms with van der Waals surface area (Å²) in [5.41, 5.74) is 2.06. The van der Waals surface area contributed by atoms with Crippen molar-refractivity contribution in [2.45, 2.75) is 19.9 Å². The Morgan fingerprint density at radius 3 is 2.15 bits per heavy atom. The second-order valence-corrected chi connectivity index (χ2v) is 4.51. The maximum absolute atomic E-state index is 13.0. The van der Waals surface area contributed by atoms with Gasteiger partial charge in [0.25, 0.3) is 5.91 Å². The fourth-order valence-corrected chi connectivity index (χ4v) is 1.89. The van der Waals surface area contributed by atoms with Crippen molar-refractivity contribution in [3.63, 3.8) is 0 Å². The van der Waals surface area contributed by atoms with Crippen LogP contribution in [0.4, 0.5) is 8.78 Å². The maximum Gasteiger partial charge on any atom is 0.251 e. The molecule has 1 amide bonds. The topological polar surface area (TPSA) is 29.1 Å². The molecule has 2 nitrogen and oxygen atoms in total. The van der Waals surface area contributed by atoms with Crippen LogP contribution in [0, 0.1) is 11.6 Å². The highest BCUT2D eigenvalue weighted by Gasteiger charge is 2.06. The van der Waals surface area contributed by atoms with Gasteiger partial charge in [0.2, 0.25) is 0 Å². The first-order valence-electron chi connectivity index (χ1n) is 6.40. The zero-order valence-corrected chi connectivity index (χ0v) is 11.1. The number of hydrogen-bond acceptors (Lipinski definition) is 1. The minimum atomic E-state index is -0.651. The van der Waals surface area contributed by atoms with E-state index in [-0.39, 0.29) is 12.5 Å². The van der Waals surface area contributed by atoms with Crippen molar-refractivity contribution in [2.75, 3.05) is 0 Å². The minimum absolute atomic E-state index is 0.0864. The Kier molecular flexibility index (Phi) is 4.45. The molecule has 0 radical (unpaired) electrons. The van der Waals surface area contributed by atoms with Crippen LogP contribution < -0.4 is 5.32 Å². The lowest BCUT2D eigenvalue weighted by molar-refractivity contribution is 0.0951. The van der Waals surface area contributed by atoms with Crippen molar-refractivity contribution in [1.29, 1.82) is 0 Å². The Bertz CT molecular complexity index is 588. The first-order valence-corrected chi connectivity index (χ1v) is 6.40. The van der Waals surface area contributed by atoms with Gasteiger partial charge in [0.1, 0.15) is 11.6 Å². The van der Waals surface area contributed by atoms with Crippen LogP contribution in [0.5, 0.6) is 0 Å². The third-order valence-corrected chi connectivity index (χ3v) is 3.00. The van der Waals surface area contributed by atoms with Gasteiger partial charge in [-0.05, 0) is 41.8 Å². The van der Waals surface area contributed by atoms with Gasteiger partial charge >= 0.3 is 0 Å². The quantitative estimate of drug-likeness (QED) is 0.909. The van der Waals surface area contributed by atoms with Crippen LogP contribution >= 0.6 is 0 Å². The maximum atomic E-state index is 13.0. The average molecular weight is 275 g/mol. The number of nitrogens with one attached hydrogen (secondary N) is 1. The Labute approximate surface area is 116 Å². The van der Waals surface area contributed by atoms with Crippen molar-refractivity contribution >= 4 is 5.91 Å². The number of benzene rings is 2. The lowest BCUT2D eigenvalue weighted by Crippen LogP contribution is -2.22. The number of carbonyl (C=O) groups excluding carboxylic acids is 1. The van der Waals surface area contributed by atoms with Crippen molar-refractivity contribution < 1.29 is 13.6 Å². The average Bonchev–Trinajstić information content (AvgIpc) is 2.44. The molecule has 0 aliphatic rings. The monoisotopic (exact) mass is 275 g/mol. The number of amides is 1. The molecule has 1 N–H and O–H groups in total. The van der Waals surface area contributed by atoms with Crippen LogP contribution in [0.15, 0.2) is 42.5 Å². The first kappa shape index (κ1) is 14.2. The SMILES string of the molecule is CCc1ccc(C(=O)NCc2cc(F)cc(F)c2)cc1. The fraction of sp³-hybridized carbons (Fsp3) is 0.188. The number of hydrogen-bond donors (Lipinski definition) is 1. The summed E-state index contributed by atoms with van der Waals surface area (Å²) in [6.07, 6.45) is 0.907. The zero-order chi connectivity index (χ0) is 14.5. The molecule has 0 aliphatic carbocycles. The van der Waals surface area contributed by atoms with E-state index in [9.17, 15) is 13.6 Å². The smallest absolute Gasteiger partial charge is 0.251 e. The molecule has 0 aliphatic heterocycles. The summed E-state index contributed by atoms with van der Waals surface area (Å²) < 4.78 is 26.0.